The second-order valence-corrected chi connectivity index (χ2v) is 7.86. The van der Waals surface area contributed by atoms with Crippen molar-refractivity contribution in [1.29, 1.82) is 5.26 Å². The van der Waals surface area contributed by atoms with E-state index in [0.717, 1.165) is 6.42 Å². The Bertz CT molecular complexity index is 765. The molecule has 3 unspecified atom stereocenters. The second-order valence-electron chi connectivity index (χ2n) is 7.86. The van der Waals surface area contributed by atoms with E-state index in [-0.39, 0.29) is 23.8 Å². The van der Waals surface area contributed by atoms with Crippen LogP contribution in [0.4, 0.5) is 4.39 Å². The highest BCUT2D eigenvalue weighted by Gasteiger charge is 2.38. The Balaban J connectivity index is 2.18. The van der Waals surface area contributed by atoms with E-state index in [1.165, 1.54) is 11.6 Å². The number of nitrogens with zero attached hydrogens (tertiary/aromatic N) is 2. The summed E-state index contributed by atoms with van der Waals surface area (Å²) in [6, 6.07) is 20.2. The fraction of sp³-hybridized carbons (Fsp3) is 0.458. The maximum absolute atomic E-state index is 14.5. The molecule has 0 aromatic heterocycles. The predicted octanol–water partition coefficient (Wildman–Crippen LogP) is 6.10. The Morgan fingerprint density at radius 3 is 2.15 bits per heavy atom. The van der Waals surface area contributed by atoms with Gasteiger partial charge in [0.05, 0.1) is 11.5 Å². The van der Waals surface area contributed by atoms with Crippen molar-refractivity contribution in [3.8, 4) is 6.07 Å². The Kier molecular flexibility index (Phi) is 7.16. The first-order chi connectivity index (χ1) is 12.8. The van der Waals surface area contributed by atoms with E-state index in [9.17, 15) is 9.65 Å². The molecule has 2 rings (SSSR count). The summed E-state index contributed by atoms with van der Waals surface area (Å²) in [5, 5.41) is 10.0. The van der Waals surface area contributed by atoms with E-state index < -0.39 is 5.41 Å². The molecule has 144 valence electrons. The molecule has 0 aliphatic heterocycles. The topological polar surface area (TPSA) is 27.0 Å². The van der Waals surface area contributed by atoms with Gasteiger partial charge in [-0.1, -0.05) is 62.4 Å². The van der Waals surface area contributed by atoms with Crippen molar-refractivity contribution in [3.05, 3.63) is 71.5 Å². The van der Waals surface area contributed by atoms with E-state index in [0.29, 0.717) is 12.0 Å². The molecule has 0 saturated carbocycles. The van der Waals surface area contributed by atoms with Crippen LogP contribution in [0.5, 0.6) is 0 Å². The Hall–Kier alpha value is -2.18. The van der Waals surface area contributed by atoms with Crippen molar-refractivity contribution in [2.75, 3.05) is 7.05 Å². The van der Waals surface area contributed by atoms with Crippen LogP contribution < -0.4 is 0 Å². The zero-order valence-electron chi connectivity index (χ0n) is 17.1. The summed E-state index contributed by atoms with van der Waals surface area (Å²) < 4.78 is 14.5. The SMILES string of the molecule is CC(CCC(C#N)(c1ccccc1F)C(C)C)N(C)C(C)c1ccccc1. The van der Waals surface area contributed by atoms with Gasteiger partial charge >= 0.3 is 0 Å². The Labute approximate surface area is 163 Å². The second kappa shape index (κ2) is 9.15. The third kappa shape index (κ3) is 4.57. The standard InChI is InChI=1S/C24H31FN2/c1-18(2)24(17-26,22-13-9-10-14-23(22)25)16-15-19(3)27(5)20(4)21-11-7-6-8-12-21/h6-14,18-20H,15-16H2,1-5H3. The average molecular weight is 367 g/mol. The van der Waals surface area contributed by atoms with Gasteiger partial charge in [-0.25, -0.2) is 4.39 Å². The lowest BCUT2D eigenvalue weighted by molar-refractivity contribution is 0.174. The molecule has 0 heterocycles. The van der Waals surface area contributed by atoms with E-state index in [4.69, 9.17) is 0 Å². The van der Waals surface area contributed by atoms with Gasteiger partial charge in [0.25, 0.3) is 0 Å². The van der Waals surface area contributed by atoms with Crippen LogP contribution in [0.3, 0.4) is 0 Å². The minimum Gasteiger partial charge on any atom is -0.297 e. The van der Waals surface area contributed by atoms with Crippen LogP contribution in [-0.4, -0.2) is 18.0 Å². The number of halogens is 1. The Morgan fingerprint density at radius 1 is 1.00 bits per heavy atom. The number of hydrogen-bond donors (Lipinski definition) is 0. The molecule has 3 atom stereocenters. The summed E-state index contributed by atoms with van der Waals surface area (Å²) in [7, 11) is 2.12. The van der Waals surface area contributed by atoms with Crippen molar-refractivity contribution in [2.24, 2.45) is 5.92 Å². The fourth-order valence-corrected chi connectivity index (χ4v) is 3.79. The average Bonchev–Trinajstić information content (AvgIpc) is 2.69. The minimum atomic E-state index is -0.809. The molecule has 0 fully saturated rings. The van der Waals surface area contributed by atoms with E-state index in [1.807, 2.05) is 26.0 Å². The van der Waals surface area contributed by atoms with Gasteiger partial charge in [0, 0.05) is 17.6 Å². The number of hydrogen-bond acceptors (Lipinski definition) is 2. The summed E-state index contributed by atoms with van der Waals surface area (Å²) in [4.78, 5) is 2.33. The lowest BCUT2D eigenvalue weighted by Gasteiger charge is -2.36. The van der Waals surface area contributed by atoms with Gasteiger partial charge < -0.3 is 0 Å². The van der Waals surface area contributed by atoms with Crippen LogP contribution in [0.1, 0.15) is 57.7 Å². The van der Waals surface area contributed by atoms with Crippen molar-refractivity contribution in [1.82, 2.24) is 4.90 Å². The maximum atomic E-state index is 14.5. The molecule has 0 radical (unpaired) electrons. The van der Waals surface area contributed by atoms with Gasteiger partial charge in [0.15, 0.2) is 0 Å². The molecule has 0 spiro atoms. The smallest absolute Gasteiger partial charge is 0.128 e. The molecular weight excluding hydrogens is 335 g/mol. The van der Waals surface area contributed by atoms with Gasteiger partial charge in [0.1, 0.15) is 5.82 Å². The lowest BCUT2D eigenvalue weighted by Crippen LogP contribution is -2.36. The van der Waals surface area contributed by atoms with Crippen molar-refractivity contribution in [2.45, 2.75) is 58.0 Å². The molecule has 0 bridgehead atoms. The molecule has 0 N–H and O–H groups in total. The molecule has 0 aliphatic rings. The summed E-state index contributed by atoms with van der Waals surface area (Å²) in [5.41, 5.74) is 0.987. The van der Waals surface area contributed by atoms with Gasteiger partial charge in [-0.3, -0.25) is 4.90 Å². The van der Waals surface area contributed by atoms with Crippen LogP contribution in [0.2, 0.25) is 0 Å². The maximum Gasteiger partial charge on any atom is 0.128 e. The van der Waals surface area contributed by atoms with Crippen LogP contribution in [-0.2, 0) is 5.41 Å². The number of nitriles is 1. The van der Waals surface area contributed by atoms with Crippen molar-refractivity contribution < 1.29 is 4.39 Å². The molecular formula is C24H31FN2. The van der Waals surface area contributed by atoms with Crippen LogP contribution in [0.15, 0.2) is 54.6 Å². The number of benzene rings is 2. The molecule has 3 heteroatoms. The van der Waals surface area contributed by atoms with Gasteiger partial charge in [0.2, 0.25) is 0 Å². The highest BCUT2D eigenvalue weighted by Crippen LogP contribution is 2.39. The summed E-state index contributed by atoms with van der Waals surface area (Å²) in [5.74, 6) is -0.255. The first-order valence-corrected chi connectivity index (χ1v) is 9.76. The van der Waals surface area contributed by atoms with E-state index in [1.54, 1.807) is 12.1 Å². The molecule has 27 heavy (non-hydrogen) atoms. The van der Waals surface area contributed by atoms with Gasteiger partial charge in [-0.05, 0) is 51.3 Å². The molecule has 2 aromatic carbocycles. The van der Waals surface area contributed by atoms with Crippen LogP contribution in [0.25, 0.3) is 0 Å². The zero-order chi connectivity index (χ0) is 20.0. The molecule has 0 aliphatic carbocycles. The molecule has 0 saturated heterocycles. The van der Waals surface area contributed by atoms with Gasteiger partial charge in [-0.2, -0.15) is 5.26 Å². The van der Waals surface area contributed by atoms with Crippen LogP contribution in [0, 0.1) is 23.1 Å². The first-order valence-electron chi connectivity index (χ1n) is 9.76. The lowest BCUT2D eigenvalue weighted by atomic mass is 9.69. The molecule has 2 nitrogen and oxygen atoms in total. The normalized spacial score (nSPS) is 16.0. The summed E-state index contributed by atoms with van der Waals surface area (Å²) in [6.07, 6.45) is 1.46. The van der Waals surface area contributed by atoms with E-state index in [2.05, 4.69) is 56.1 Å². The first kappa shape index (κ1) is 21.1. The third-order valence-electron chi connectivity index (χ3n) is 6.08. The Morgan fingerprint density at radius 2 is 1.59 bits per heavy atom. The van der Waals surface area contributed by atoms with E-state index >= 15 is 0 Å². The minimum absolute atomic E-state index is 0.0310. The molecule has 2 aromatic rings. The highest BCUT2D eigenvalue weighted by atomic mass is 19.1. The zero-order valence-corrected chi connectivity index (χ0v) is 17.1. The van der Waals surface area contributed by atoms with Gasteiger partial charge in [-0.15, -0.1) is 0 Å². The fourth-order valence-electron chi connectivity index (χ4n) is 3.79. The monoisotopic (exact) mass is 366 g/mol. The third-order valence-corrected chi connectivity index (χ3v) is 6.08. The van der Waals surface area contributed by atoms with Crippen molar-refractivity contribution in [3.63, 3.8) is 0 Å². The summed E-state index contributed by atoms with van der Waals surface area (Å²) >= 11 is 0. The van der Waals surface area contributed by atoms with Crippen LogP contribution >= 0.6 is 0 Å². The predicted molar refractivity (Wildman–Crippen MR) is 110 cm³/mol. The highest BCUT2D eigenvalue weighted by molar-refractivity contribution is 5.34. The number of rotatable bonds is 8. The molecule has 0 amide bonds. The summed E-state index contributed by atoms with van der Waals surface area (Å²) in [6.45, 7) is 8.40. The van der Waals surface area contributed by atoms with Crippen molar-refractivity contribution >= 4 is 0 Å². The largest absolute Gasteiger partial charge is 0.297 e. The quantitative estimate of drug-likeness (QED) is 0.564.